The van der Waals surface area contributed by atoms with Crippen molar-refractivity contribution in [2.24, 2.45) is 0 Å². The van der Waals surface area contributed by atoms with Crippen LogP contribution in [0.3, 0.4) is 0 Å². The summed E-state index contributed by atoms with van der Waals surface area (Å²) in [7, 11) is 2.08. The fourth-order valence-electron chi connectivity index (χ4n) is 0.246. The lowest BCUT2D eigenvalue weighted by Crippen LogP contribution is -1.90. The van der Waals surface area contributed by atoms with Crippen LogP contribution >= 0.6 is 0 Å². The van der Waals surface area contributed by atoms with Crippen LogP contribution in [-0.4, -0.2) is 21.1 Å². The van der Waals surface area contributed by atoms with E-state index in [0.29, 0.717) is 6.61 Å². The summed E-state index contributed by atoms with van der Waals surface area (Å²) in [6.07, 6.45) is 1.09. The van der Waals surface area contributed by atoms with E-state index in [0.717, 1.165) is 12.9 Å². The summed E-state index contributed by atoms with van der Waals surface area (Å²) in [6, 6.07) is 0. The van der Waals surface area contributed by atoms with Gasteiger partial charge in [0.15, 0.2) is 0 Å². The van der Waals surface area contributed by atoms with Gasteiger partial charge in [0.2, 0.25) is 0 Å². The first-order chi connectivity index (χ1) is 2.91. The van der Waals surface area contributed by atoms with Crippen molar-refractivity contribution in [2.75, 3.05) is 13.2 Å². The van der Waals surface area contributed by atoms with Gasteiger partial charge in [0.05, 0.1) is 0 Å². The minimum absolute atomic E-state index is 0.605. The van der Waals surface area contributed by atoms with Gasteiger partial charge in [-0.05, 0) is 6.92 Å². The van der Waals surface area contributed by atoms with Crippen molar-refractivity contribution in [3.05, 3.63) is 6.92 Å². The van der Waals surface area contributed by atoms with Crippen molar-refractivity contribution in [2.45, 2.75) is 6.32 Å². The zero-order valence-electron chi connectivity index (χ0n) is 4.24. The summed E-state index contributed by atoms with van der Waals surface area (Å²) < 4.78 is 4.87. The second-order valence-corrected chi connectivity index (χ2v) is 1.11. The Labute approximate surface area is 40.1 Å². The molecule has 0 aliphatic carbocycles. The van der Waals surface area contributed by atoms with Gasteiger partial charge < -0.3 is 4.74 Å². The molecular weight excluding hydrogens is 74.9 g/mol. The summed E-state index contributed by atoms with van der Waals surface area (Å²) >= 11 is 0. The van der Waals surface area contributed by atoms with Gasteiger partial charge in [-0.15, -0.1) is 0 Å². The maximum Gasteiger partial charge on any atom is 0.104 e. The molecule has 0 amide bonds. The lowest BCUT2D eigenvalue weighted by atomic mass is 10.1. The molecule has 2 heteroatoms. The fourth-order valence-corrected chi connectivity index (χ4v) is 0.246. The zero-order chi connectivity index (χ0) is 4.83. The predicted octanol–water partition coefficient (Wildman–Crippen LogP) is -0.112. The predicted molar refractivity (Wildman–Crippen MR) is 29.5 cm³/mol. The number of ether oxygens (including phenoxy) is 1. The van der Waals surface area contributed by atoms with Gasteiger partial charge in [-0.25, -0.2) is 0 Å². The normalized spacial score (nSPS) is 8.83. The van der Waals surface area contributed by atoms with Gasteiger partial charge >= 0.3 is 0 Å². The van der Waals surface area contributed by atoms with Crippen LogP contribution in [0.25, 0.3) is 0 Å². The number of hydrogen-bond acceptors (Lipinski definition) is 1. The summed E-state index contributed by atoms with van der Waals surface area (Å²) in [5.74, 6) is 0. The van der Waals surface area contributed by atoms with E-state index in [-0.39, 0.29) is 0 Å². The molecule has 0 rings (SSSR count). The summed E-state index contributed by atoms with van der Waals surface area (Å²) in [4.78, 5) is 0. The number of rotatable bonds is 3. The molecular formula is C4H10BO. The average molecular weight is 84.9 g/mol. The maximum absolute atomic E-state index is 4.87. The number of hydrogen-bond donors (Lipinski definition) is 0. The van der Waals surface area contributed by atoms with Gasteiger partial charge in [-0.2, -0.15) is 0 Å². The van der Waals surface area contributed by atoms with Crippen molar-refractivity contribution < 1.29 is 4.74 Å². The van der Waals surface area contributed by atoms with E-state index >= 15 is 0 Å². The average Bonchev–Trinajstić information content (AvgIpc) is 1.61. The Kier molecular flexibility index (Phi) is 5.05. The molecule has 35 valence electrons. The van der Waals surface area contributed by atoms with E-state index in [2.05, 4.69) is 14.8 Å². The van der Waals surface area contributed by atoms with Gasteiger partial charge in [-0.1, -0.05) is 6.32 Å². The Hall–Kier alpha value is 0.0249. The molecule has 1 radical (unpaired) electrons. The third-order valence-corrected chi connectivity index (χ3v) is 0.493. The summed E-state index contributed by atoms with van der Waals surface area (Å²) in [6.45, 7) is 4.96. The Bertz CT molecular complexity index is 19.5. The first kappa shape index (κ1) is 6.02. The fraction of sp³-hybridized carbons (Fsp3) is 0.750. The van der Waals surface area contributed by atoms with E-state index in [9.17, 15) is 0 Å². The quantitative estimate of drug-likeness (QED) is 0.343. The van der Waals surface area contributed by atoms with E-state index < -0.39 is 0 Å². The Morgan fingerprint density at radius 3 is 2.50 bits per heavy atom. The molecule has 0 saturated carbocycles. The molecule has 0 unspecified atom stereocenters. The molecule has 0 bridgehead atoms. The highest BCUT2D eigenvalue weighted by Gasteiger charge is 1.73. The maximum atomic E-state index is 4.87. The van der Waals surface area contributed by atoms with Crippen LogP contribution in [0.15, 0.2) is 0 Å². The van der Waals surface area contributed by atoms with E-state index in [1.807, 2.05) is 0 Å². The topological polar surface area (TPSA) is 9.23 Å². The third-order valence-electron chi connectivity index (χ3n) is 0.493. The first-order valence-electron chi connectivity index (χ1n) is 2.28. The highest BCUT2D eigenvalue weighted by Crippen LogP contribution is 1.73. The van der Waals surface area contributed by atoms with Gasteiger partial charge in [0.1, 0.15) is 7.85 Å². The molecule has 0 atom stereocenters. The second kappa shape index (κ2) is 5.02. The Morgan fingerprint density at radius 1 is 1.67 bits per heavy atom. The Morgan fingerprint density at radius 2 is 2.33 bits per heavy atom. The van der Waals surface area contributed by atoms with Crippen molar-refractivity contribution in [1.29, 1.82) is 0 Å². The van der Waals surface area contributed by atoms with E-state index in [1.54, 1.807) is 0 Å². The van der Waals surface area contributed by atoms with Crippen LogP contribution in [0.5, 0.6) is 0 Å². The van der Waals surface area contributed by atoms with Crippen LogP contribution in [0.2, 0.25) is 6.32 Å². The standard InChI is InChI=1S/C4H10BO/c1-2-6-4-3-5/h1-5H2. The van der Waals surface area contributed by atoms with Crippen molar-refractivity contribution in [3.63, 3.8) is 0 Å². The van der Waals surface area contributed by atoms with E-state index in [1.165, 1.54) is 0 Å². The smallest absolute Gasteiger partial charge is 0.104 e. The lowest BCUT2D eigenvalue weighted by Gasteiger charge is -1.91. The van der Waals surface area contributed by atoms with Crippen molar-refractivity contribution >= 4 is 7.85 Å². The van der Waals surface area contributed by atoms with Crippen LogP contribution in [-0.2, 0) is 4.74 Å². The van der Waals surface area contributed by atoms with E-state index in [4.69, 9.17) is 4.74 Å². The SMILES string of the molecule is BCCOC[CH2]. The molecule has 0 heterocycles. The van der Waals surface area contributed by atoms with Crippen LogP contribution in [0.1, 0.15) is 0 Å². The van der Waals surface area contributed by atoms with Crippen LogP contribution in [0.4, 0.5) is 0 Å². The second-order valence-electron chi connectivity index (χ2n) is 1.11. The zero-order valence-corrected chi connectivity index (χ0v) is 4.24. The highest BCUT2D eigenvalue weighted by molar-refractivity contribution is 6.08. The molecule has 0 aliphatic heterocycles. The molecule has 0 aromatic rings. The minimum Gasteiger partial charge on any atom is -0.382 e. The van der Waals surface area contributed by atoms with Gasteiger partial charge in [0.25, 0.3) is 0 Å². The first-order valence-corrected chi connectivity index (χ1v) is 2.28. The third kappa shape index (κ3) is 4.02. The molecule has 6 heavy (non-hydrogen) atoms. The molecule has 0 aliphatic rings. The Balaban J connectivity index is 2.34. The lowest BCUT2D eigenvalue weighted by molar-refractivity contribution is 0.176. The van der Waals surface area contributed by atoms with Gasteiger partial charge in [0, 0.05) is 13.2 Å². The molecule has 1 nitrogen and oxygen atoms in total. The van der Waals surface area contributed by atoms with Crippen molar-refractivity contribution in [1.82, 2.24) is 0 Å². The van der Waals surface area contributed by atoms with Crippen LogP contribution in [0, 0.1) is 6.92 Å². The molecule has 0 aromatic heterocycles. The molecule has 0 aromatic carbocycles. The van der Waals surface area contributed by atoms with Crippen molar-refractivity contribution in [3.8, 4) is 0 Å². The molecule has 0 N–H and O–H groups in total. The minimum atomic E-state index is 0.605. The van der Waals surface area contributed by atoms with Crippen LogP contribution < -0.4 is 0 Å². The summed E-state index contributed by atoms with van der Waals surface area (Å²) in [5, 5.41) is 0. The molecule has 0 fully saturated rings. The summed E-state index contributed by atoms with van der Waals surface area (Å²) in [5.41, 5.74) is 0. The highest BCUT2D eigenvalue weighted by atomic mass is 16.5. The molecule has 0 spiro atoms. The largest absolute Gasteiger partial charge is 0.382 e. The van der Waals surface area contributed by atoms with Gasteiger partial charge in [-0.3, -0.25) is 0 Å². The molecule has 0 saturated heterocycles. The monoisotopic (exact) mass is 85.1 g/mol.